The predicted octanol–water partition coefficient (Wildman–Crippen LogP) is 2.88. The van der Waals surface area contributed by atoms with Crippen molar-refractivity contribution in [3.05, 3.63) is 64.8 Å². The number of fused-ring (bicyclic) bond motifs is 1. The van der Waals surface area contributed by atoms with E-state index in [0.717, 1.165) is 23.1 Å². The fraction of sp³-hybridized carbons (Fsp3) is 0.350. The fourth-order valence-corrected chi connectivity index (χ4v) is 3.16. The van der Waals surface area contributed by atoms with Crippen molar-refractivity contribution in [2.45, 2.75) is 45.8 Å². The van der Waals surface area contributed by atoms with E-state index in [1.807, 2.05) is 56.3 Å². The number of benzene rings is 1. The van der Waals surface area contributed by atoms with Crippen LogP contribution in [0.2, 0.25) is 0 Å². The summed E-state index contributed by atoms with van der Waals surface area (Å²) in [7, 11) is 0. The highest BCUT2D eigenvalue weighted by molar-refractivity contribution is 5.78. The Morgan fingerprint density at radius 1 is 1.08 bits per heavy atom. The monoisotopic (exact) mass is 352 g/mol. The van der Waals surface area contributed by atoms with Gasteiger partial charge in [-0.2, -0.15) is 0 Å². The van der Waals surface area contributed by atoms with Gasteiger partial charge in [-0.1, -0.05) is 25.1 Å². The predicted molar refractivity (Wildman–Crippen MR) is 102 cm³/mol. The molecule has 0 aliphatic rings. The number of amides is 1. The third-order valence-electron chi connectivity index (χ3n) is 4.44. The highest BCUT2D eigenvalue weighted by atomic mass is 16.2. The molecule has 2 aromatic heterocycles. The van der Waals surface area contributed by atoms with Gasteiger partial charge >= 0.3 is 5.69 Å². The molecule has 6 nitrogen and oxygen atoms in total. The highest BCUT2D eigenvalue weighted by Crippen LogP contribution is 2.14. The summed E-state index contributed by atoms with van der Waals surface area (Å²) >= 11 is 0. The van der Waals surface area contributed by atoms with Gasteiger partial charge in [0.2, 0.25) is 5.91 Å². The third kappa shape index (κ3) is 3.69. The summed E-state index contributed by atoms with van der Waals surface area (Å²) < 4.78 is 3.47. The normalized spacial score (nSPS) is 12.2. The highest BCUT2D eigenvalue weighted by Gasteiger charge is 2.15. The summed E-state index contributed by atoms with van der Waals surface area (Å²) in [6.07, 6.45) is 2.84. The van der Waals surface area contributed by atoms with Crippen molar-refractivity contribution in [1.82, 2.24) is 19.4 Å². The molecule has 1 atom stereocenters. The molecule has 0 aliphatic carbocycles. The van der Waals surface area contributed by atoms with Crippen LogP contribution in [0.4, 0.5) is 0 Å². The molecule has 2 heterocycles. The first-order valence-corrected chi connectivity index (χ1v) is 9.00. The first-order valence-electron chi connectivity index (χ1n) is 9.00. The minimum atomic E-state index is -0.165. The van der Waals surface area contributed by atoms with E-state index in [2.05, 4.69) is 10.3 Å². The zero-order valence-corrected chi connectivity index (χ0v) is 15.2. The lowest BCUT2D eigenvalue weighted by Crippen LogP contribution is -2.30. The van der Waals surface area contributed by atoms with Gasteiger partial charge in [-0.15, -0.1) is 0 Å². The molecule has 6 heteroatoms. The average Bonchev–Trinajstić information content (AvgIpc) is 2.93. The zero-order valence-electron chi connectivity index (χ0n) is 15.2. The van der Waals surface area contributed by atoms with E-state index in [1.54, 1.807) is 15.3 Å². The number of rotatable bonds is 7. The van der Waals surface area contributed by atoms with Crippen LogP contribution in [0, 0.1) is 0 Å². The molecule has 3 aromatic rings. The second-order valence-corrected chi connectivity index (χ2v) is 6.37. The molecule has 0 spiro atoms. The Kier molecular flexibility index (Phi) is 5.51. The first kappa shape index (κ1) is 17.9. The van der Waals surface area contributed by atoms with E-state index in [4.69, 9.17) is 0 Å². The van der Waals surface area contributed by atoms with Gasteiger partial charge in [-0.25, -0.2) is 4.79 Å². The minimum Gasteiger partial charge on any atom is -0.348 e. The lowest BCUT2D eigenvalue weighted by molar-refractivity contribution is -0.122. The van der Waals surface area contributed by atoms with Crippen molar-refractivity contribution in [3.63, 3.8) is 0 Å². The van der Waals surface area contributed by atoms with Crippen LogP contribution in [0.15, 0.2) is 53.5 Å². The summed E-state index contributed by atoms with van der Waals surface area (Å²) in [6.45, 7) is 4.98. The van der Waals surface area contributed by atoms with Crippen LogP contribution >= 0.6 is 0 Å². The number of para-hydroxylation sites is 2. The van der Waals surface area contributed by atoms with Crippen molar-refractivity contribution < 1.29 is 4.79 Å². The maximum absolute atomic E-state index is 12.7. The summed E-state index contributed by atoms with van der Waals surface area (Å²) in [4.78, 5) is 29.3. The molecule has 0 aliphatic heterocycles. The lowest BCUT2D eigenvalue weighted by atomic mass is 10.2. The molecule has 26 heavy (non-hydrogen) atoms. The van der Waals surface area contributed by atoms with Crippen molar-refractivity contribution in [1.29, 1.82) is 0 Å². The smallest absolute Gasteiger partial charge is 0.329 e. The Hall–Kier alpha value is -2.89. The molecule has 0 fully saturated rings. The third-order valence-corrected chi connectivity index (χ3v) is 4.44. The topological polar surface area (TPSA) is 68.9 Å². The van der Waals surface area contributed by atoms with E-state index in [1.165, 1.54) is 0 Å². The number of carbonyl (C=O) groups excluding carboxylic acids is 1. The number of hydrogen-bond acceptors (Lipinski definition) is 3. The molecule has 1 unspecified atom stereocenters. The van der Waals surface area contributed by atoms with Gasteiger partial charge in [0, 0.05) is 25.7 Å². The molecule has 3 rings (SSSR count). The Bertz CT molecular complexity index is 943. The van der Waals surface area contributed by atoms with E-state index in [9.17, 15) is 9.59 Å². The van der Waals surface area contributed by atoms with Crippen LogP contribution in [-0.2, 0) is 17.9 Å². The van der Waals surface area contributed by atoms with Gasteiger partial charge in [-0.3, -0.25) is 18.9 Å². The number of nitrogens with one attached hydrogen (secondary N) is 1. The van der Waals surface area contributed by atoms with Crippen LogP contribution in [0.25, 0.3) is 11.0 Å². The van der Waals surface area contributed by atoms with Gasteiger partial charge in [0.25, 0.3) is 0 Å². The van der Waals surface area contributed by atoms with Crippen LogP contribution in [-0.4, -0.2) is 20.0 Å². The number of pyridine rings is 1. The molecule has 1 amide bonds. The van der Waals surface area contributed by atoms with Gasteiger partial charge < -0.3 is 5.32 Å². The Balaban J connectivity index is 1.72. The zero-order chi connectivity index (χ0) is 18.5. The van der Waals surface area contributed by atoms with Crippen LogP contribution in [0.1, 0.15) is 38.4 Å². The number of nitrogens with zero attached hydrogens (tertiary/aromatic N) is 3. The number of imidazole rings is 1. The van der Waals surface area contributed by atoms with Crippen LogP contribution in [0.5, 0.6) is 0 Å². The Labute approximate surface area is 152 Å². The van der Waals surface area contributed by atoms with E-state index in [0.29, 0.717) is 13.1 Å². The second-order valence-electron chi connectivity index (χ2n) is 6.37. The van der Waals surface area contributed by atoms with Crippen molar-refractivity contribution in [2.24, 2.45) is 0 Å². The van der Waals surface area contributed by atoms with Crippen LogP contribution in [0.3, 0.4) is 0 Å². The fourth-order valence-electron chi connectivity index (χ4n) is 3.16. The molecule has 136 valence electrons. The number of aryl methyl sites for hydroxylation is 2. The van der Waals surface area contributed by atoms with Gasteiger partial charge in [0.05, 0.1) is 22.8 Å². The van der Waals surface area contributed by atoms with E-state index >= 15 is 0 Å². The van der Waals surface area contributed by atoms with Crippen molar-refractivity contribution >= 4 is 16.9 Å². The Morgan fingerprint density at radius 2 is 1.73 bits per heavy atom. The average molecular weight is 352 g/mol. The molecule has 0 saturated heterocycles. The van der Waals surface area contributed by atoms with Gasteiger partial charge in [0.15, 0.2) is 0 Å². The van der Waals surface area contributed by atoms with E-state index in [-0.39, 0.29) is 24.1 Å². The number of hydrogen-bond donors (Lipinski definition) is 1. The quantitative estimate of drug-likeness (QED) is 0.711. The largest absolute Gasteiger partial charge is 0.348 e. The molecular weight excluding hydrogens is 328 g/mol. The number of aromatic nitrogens is 3. The van der Waals surface area contributed by atoms with E-state index < -0.39 is 0 Å². The van der Waals surface area contributed by atoms with Crippen molar-refractivity contribution in [3.8, 4) is 0 Å². The minimum absolute atomic E-state index is 0.0568. The molecule has 0 bridgehead atoms. The van der Waals surface area contributed by atoms with Crippen LogP contribution < -0.4 is 11.0 Å². The second kappa shape index (κ2) is 7.99. The first-order chi connectivity index (χ1) is 12.6. The SMILES string of the molecule is CCCn1c(=O)n(CCC(=O)NC(C)c2ccccn2)c2ccccc21. The summed E-state index contributed by atoms with van der Waals surface area (Å²) in [5.41, 5.74) is 2.55. The number of carbonyl (C=O) groups is 1. The molecule has 0 radical (unpaired) electrons. The Morgan fingerprint density at radius 3 is 2.35 bits per heavy atom. The van der Waals surface area contributed by atoms with Gasteiger partial charge in [0.1, 0.15) is 0 Å². The standard InChI is InChI=1S/C20H24N4O2/c1-3-13-23-17-9-4-5-10-18(17)24(20(23)26)14-11-19(25)22-15(2)16-8-6-7-12-21-16/h4-10,12,15H,3,11,13-14H2,1-2H3,(H,22,25). The molecule has 1 N–H and O–H groups in total. The molecular formula is C20H24N4O2. The lowest BCUT2D eigenvalue weighted by Gasteiger charge is -2.13. The van der Waals surface area contributed by atoms with Crippen molar-refractivity contribution in [2.75, 3.05) is 0 Å². The molecule has 0 saturated carbocycles. The maximum Gasteiger partial charge on any atom is 0.329 e. The summed E-state index contributed by atoms with van der Waals surface area (Å²) in [5, 5.41) is 2.94. The van der Waals surface area contributed by atoms with Gasteiger partial charge in [-0.05, 0) is 37.6 Å². The molecule has 1 aromatic carbocycles. The maximum atomic E-state index is 12.7. The summed E-state index contributed by atoms with van der Waals surface area (Å²) in [6, 6.07) is 13.2. The summed E-state index contributed by atoms with van der Waals surface area (Å²) in [5.74, 6) is -0.0950.